The Bertz CT molecular complexity index is 1350. The smallest absolute Gasteiger partial charge is 0.254 e. The molecule has 2 aliphatic rings. The van der Waals surface area contributed by atoms with Gasteiger partial charge >= 0.3 is 0 Å². The lowest BCUT2D eigenvalue weighted by Crippen LogP contribution is -2.43. The van der Waals surface area contributed by atoms with Gasteiger partial charge in [-0.15, -0.1) is 5.53 Å². The van der Waals surface area contributed by atoms with Gasteiger partial charge in [0, 0.05) is 29.1 Å². The van der Waals surface area contributed by atoms with Crippen LogP contribution in [-0.2, 0) is 11.2 Å². The molecule has 37 heavy (non-hydrogen) atoms. The van der Waals surface area contributed by atoms with Gasteiger partial charge in [0.15, 0.2) is 0 Å². The maximum Gasteiger partial charge on any atom is 0.254 e. The van der Waals surface area contributed by atoms with Crippen LogP contribution in [-0.4, -0.2) is 21.5 Å². The van der Waals surface area contributed by atoms with Gasteiger partial charge in [-0.05, 0) is 36.6 Å². The van der Waals surface area contributed by atoms with Crippen LogP contribution < -0.4 is 26.8 Å². The maximum atomic E-state index is 13.5. The summed E-state index contributed by atoms with van der Waals surface area (Å²) in [5.41, 5.74) is 8.15. The molecule has 1 amide bonds. The predicted molar refractivity (Wildman–Crippen MR) is 146 cm³/mol. The van der Waals surface area contributed by atoms with E-state index < -0.39 is 6.04 Å². The van der Waals surface area contributed by atoms with Gasteiger partial charge in [0.05, 0.1) is 23.9 Å². The third-order valence-electron chi connectivity index (χ3n) is 6.73. The summed E-state index contributed by atoms with van der Waals surface area (Å²) in [5, 5.41) is 5.78. The number of rotatable bonds is 7. The van der Waals surface area contributed by atoms with E-state index in [4.69, 9.17) is 23.2 Å². The summed E-state index contributed by atoms with van der Waals surface area (Å²) in [6.45, 7) is 0. The van der Waals surface area contributed by atoms with Crippen molar-refractivity contribution in [2.24, 2.45) is 0 Å². The molecular weight excluding hydrogens is 511 g/mol. The Kier molecular flexibility index (Phi) is 7.79. The fourth-order valence-corrected chi connectivity index (χ4v) is 5.15. The summed E-state index contributed by atoms with van der Waals surface area (Å²) in [7, 11) is 0. The van der Waals surface area contributed by atoms with Gasteiger partial charge in [-0.3, -0.25) is 24.6 Å². The first kappa shape index (κ1) is 25.3. The molecule has 3 aromatic rings. The van der Waals surface area contributed by atoms with Gasteiger partial charge in [0.2, 0.25) is 5.91 Å². The fraction of sp³-hybridized carbons (Fsp3) is 0.296. The Morgan fingerprint density at radius 2 is 1.86 bits per heavy atom. The first-order valence-electron chi connectivity index (χ1n) is 12.4. The van der Waals surface area contributed by atoms with Crippen molar-refractivity contribution in [2.75, 3.05) is 5.01 Å². The maximum absolute atomic E-state index is 13.5. The number of amides is 1. The van der Waals surface area contributed by atoms with E-state index in [9.17, 15) is 9.59 Å². The minimum atomic E-state index is -0.719. The van der Waals surface area contributed by atoms with Crippen molar-refractivity contribution in [3.8, 4) is 11.3 Å². The third kappa shape index (κ3) is 5.98. The number of nitrogens with one attached hydrogen (secondary N) is 3. The number of anilines is 1. The van der Waals surface area contributed by atoms with E-state index in [2.05, 4.69) is 21.3 Å². The van der Waals surface area contributed by atoms with Gasteiger partial charge in [0.1, 0.15) is 11.2 Å². The Morgan fingerprint density at radius 3 is 2.57 bits per heavy atom. The minimum absolute atomic E-state index is 0.137. The standard InChI is InChI=1S/C27H28Cl2N6O2/c28-19-11-12-23(35-16-25(29)32-33-35)21(14-19)22-15-26(36)34(17-30-22)24(13-18-7-3-1-4-8-18)27(37)31-20-9-5-2-6-10-20/h1,3-4,7-8,11-12,14-17,20,24,32-33H,2,5-6,9-10,13H2,(H,31,37)/t24-/m0/s1. The molecule has 0 unspecified atom stereocenters. The fourth-order valence-electron chi connectivity index (χ4n) is 4.84. The monoisotopic (exact) mass is 538 g/mol. The van der Waals surface area contributed by atoms with Gasteiger partial charge in [0.25, 0.3) is 5.56 Å². The van der Waals surface area contributed by atoms with Gasteiger partial charge in [-0.2, -0.15) is 0 Å². The summed E-state index contributed by atoms with van der Waals surface area (Å²) in [6, 6.07) is 15.9. The summed E-state index contributed by atoms with van der Waals surface area (Å²) < 4.78 is 1.42. The van der Waals surface area contributed by atoms with E-state index in [0.29, 0.717) is 33.5 Å². The van der Waals surface area contributed by atoms with E-state index >= 15 is 0 Å². The molecule has 1 aliphatic heterocycles. The molecular formula is C27H28Cl2N6O2. The highest BCUT2D eigenvalue weighted by molar-refractivity contribution is 6.31. The molecule has 1 saturated carbocycles. The topological polar surface area (TPSA) is 91.3 Å². The van der Waals surface area contributed by atoms with E-state index in [0.717, 1.165) is 31.2 Å². The minimum Gasteiger partial charge on any atom is -0.352 e. The van der Waals surface area contributed by atoms with Crippen molar-refractivity contribution in [3.63, 3.8) is 0 Å². The lowest BCUT2D eigenvalue weighted by Gasteiger charge is -2.26. The zero-order valence-electron chi connectivity index (χ0n) is 20.2. The summed E-state index contributed by atoms with van der Waals surface area (Å²) >= 11 is 12.3. The molecule has 1 aromatic heterocycles. The second kappa shape index (κ2) is 11.4. The van der Waals surface area contributed by atoms with Gasteiger partial charge in [-0.25, -0.2) is 4.98 Å². The van der Waals surface area contributed by atoms with Crippen molar-refractivity contribution in [3.05, 3.63) is 93.2 Å². The number of halogens is 2. The number of aromatic nitrogens is 2. The zero-order valence-corrected chi connectivity index (χ0v) is 21.7. The molecule has 0 radical (unpaired) electrons. The average molecular weight is 539 g/mol. The largest absolute Gasteiger partial charge is 0.352 e. The normalized spacial score (nSPS) is 16.7. The number of benzene rings is 2. The van der Waals surface area contributed by atoms with Gasteiger partial charge in [-0.1, -0.05) is 72.8 Å². The van der Waals surface area contributed by atoms with Crippen molar-refractivity contribution in [1.82, 2.24) is 25.8 Å². The highest BCUT2D eigenvalue weighted by atomic mass is 35.5. The number of carbonyl (C=O) groups excluding carboxylic acids is 1. The average Bonchev–Trinajstić information content (AvgIpc) is 3.34. The van der Waals surface area contributed by atoms with Crippen LogP contribution in [0.1, 0.15) is 43.7 Å². The summed E-state index contributed by atoms with van der Waals surface area (Å²) in [6.07, 6.45) is 8.84. The summed E-state index contributed by atoms with van der Waals surface area (Å²) in [4.78, 5) is 31.5. The van der Waals surface area contributed by atoms with E-state index in [1.807, 2.05) is 30.3 Å². The van der Waals surface area contributed by atoms with Crippen LogP contribution in [0.3, 0.4) is 0 Å². The van der Waals surface area contributed by atoms with Crippen LogP contribution in [0, 0.1) is 0 Å². The van der Waals surface area contributed by atoms with Crippen LogP contribution in [0.5, 0.6) is 0 Å². The molecule has 2 heterocycles. The molecule has 3 N–H and O–H groups in total. The highest BCUT2D eigenvalue weighted by Gasteiger charge is 2.26. The van der Waals surface area contributed by atoms with Crippen LogP contribution >= 0.6 is 23.2 Å². The molecule has 0 saturated heterocycles. The molecule has 1 atom stereocenters. The zero-order chi connectivity index (χ0) is 25.8. The number of nitrogens with zero attached hydrogens (tertiary/aromatic N) is 3. The Balaban J connectivity index is 1.48. The van der Waals surface area contributed by atoms with Crippen LogP contribution in [0.15, 0.2) is 77.1 Å². The first-order valence-corrected chi connectivity index (χ1v) is 13.1. The third-order valence-corrected chi connectivity index (χ3v) is 7.16. The number of hydrazine groups is 2. The Hall–Kier alpha value is -3.33. The second-order valence-electron chi connectivity index (χ2n) is 9.31. The Labute approximate surface area is 225 Å². The quantitative estimate of drug-likeness (QED) is 0.379. The van der Waals surface area contributed by atoms with Crippen LogP contribution in [0.4, 0.5) is 5.69 Å². The molecule has 0 spiro atoms. The van der Waals surface area contributed by atoms with Crippen molar-refractivity contribution in [2.45, 2.75) is 50.6 Å². The molecule has 8 nitrogen and oxygen atoms in total. The molecule has 1 fully saturated rings. The van der Waals surface area contributed by atoms with E-state index in [-0.39, 0.29) is 17.5 Å². The van der Waals surface area contributed by atoms with Gasteiger partial charge < -0.3 is 5.32 Å². The SMILES string of the molecule is O=C(NC1CCCCC1)[C@H](Cc1ccccc1)n1cnc(-c2cc(Cl)ccc2N2C=C(Cl)NN2)cc1=O. The number of carbonyl (C=O) groups is 1. The lowest BCUT2D eigenvalue weighted by atomic mass is 9.95. The first-order chi connectivity index (χ1) is 18.0. The summed E-state index contributed by atoms with van der Waals surface area (Å²) in [5.74, 6) is -0.164. The van der Waals surface area contributed by atoms with Crippen molar-refractivity contribution in [1.29, 1.82) is 0 Å². The lowest BCUT2D eigenvalue weighted by molar-refractivity contribution is -0.125. The van der Waals surface area contributed by atoms with E-state index in [1.165, 1.54) is 23.4 Å². The number of hydrogen-bond donors (Lipinski definition) is 3. The second-order valence-corrected chi connectivity index (χ2v) is 10.2. The molecule has 1 aliphatic carbocycles. The van der Waals surface area contributed by atoms with Crippen LogP contribution in [0.2, 0.25) is 5.02 Å². The number of hydrogen-bond acceptors (Lipinski definition) is 6. The van der Waals surface area contributed by atoms with Crippen LogP contribution in [0.25, 0.3) is 11.3 Å². The molecule has 5 rings (SSSR count). The van der Waals surface area contributed by atoms with Crippen molar-refractivity contribution < 1.29 is 4.79 Å². The molecule has 10 heteroatoms. The molecule has 0 bridgehead atoms. The van der Waals surface area contributed by atoms with Crippen molar-refractivity contribution >= 4 is 34.8 Å². The highest BCUT2D eigenvalue weighted by Crippen LogP contribution is 2.32. The molecule has 2 aromatic carbocycles. The van der Waals surface area contributed by atoms with E-state index in [1.54, 1.807) is 29.4 Å². The molecule has 192 valence electrons. The predicted octanol–water partition coefficient (Wildman–Crippen LogP) is 4.66. The Morgan fingerprint density at radius 1 is 1.08 bits per heavy atom.